The Balaban J connectivity index is 0.000000561. The van der Waals surface area contributed by atoms with Gasteiger partial charge in [0, 0.05) is 43.1 Å². The second-order valence-corrected chi connectivity index (χ2v) is 17.5. The molecule has 6 N–H and O–H groups in total. The third-order valence-corrected chi connectivity index (χ3v) is 10.8. The van der Waals surface area contributed by atoms with Crippen molar-refractivity contribution in [2.75, 3.05) is 0 Å². The number of rotatable bonds is 25. The van der Waals surface area contributed by atoms with Gasteiger partial charge < -0.3 is 26.4 Å². The number of nitrogens with one attached hydrogen (secondary N) is 1. The molecule has 360 valence electrons. The van der Waals surface area contributed by atoms with E-state index in [4.69, 9.17) is 10.8 Å². The molecule has 1 amide bonds. The lowest BCUT2D eigenvalue weighted by atomic mass is 9.84. The van der Waals surface area contributed by atoms with Gasteiger partial charge in [-0.2, -0.15) is 0 Å². The summed E-state index contributed by atoms with van der Waals surface area (Å²) in [6.45, 7) is 11.8. The number of benzene rings is 4. The molecule has 0 saturated carbocycles. The summed E-state index contributed by atoms with van der Waals surface area (Å²) in [5.41, 5.74) is 8.77. The van der Waals surface area contributed by atoms with Gasteiger partial charge in [-0.3, -0.25) is 24.0 Å². The molecule has 0 spiro atoms. The molecule has 6 atom stereocenters. The Bertz CT molecular complexity index is 2010. The van der Waals surface area contributed by atoms with Crippen LogP contribution in [0.4, 0.5) is 0 Å². The van der Waals surface area contributed by atoms with E-state index in [0.29, 0.717) is 62.0 Å². The normalized spacial score (nSPS) is 13.4. The summed E-state index contributed by atoms with van der Waals surface area (Å²) in [5.74, 6) is -2.27. The molecule has 11 nitrogen and oxygen atoms in total. The fraction of sp³-hybridized carbons (Fsp3) is 0.444. The minimum absolute atomic E-state index is 0. The molecule has 0 saturated heterocycles. The number of carboxylic acid groups (broad SMARTS) is 1. The summed E-state index contributed by atoms with van der Waals surface area (Å²) >= 11 is 0. The van der Waals surface area contributed by atoms with Crippen LogP contribution < -0.4 is 11.1 Å². The summed E-state index contributed by atoms with van der Waals surface area (Å²) in [5, 5.41) is 32.4. The van der Waals surface area contributed by atoms with Crippen molar-refractivity contribution in [1.29, 1.82) is 0 Å². The minimum Gasteiger partial charge on any atom is -0.478 e. The molecule has 0 heterocycles. The predicted octanol–water partition coefficient (Wildman–Crippen LogP) is 9.09. The van der Waals surface area contributed by atoms with Gasteiger partial charge in [-0.15, -0.1) is 12.4 Å². The quantitative estimate of drug-likeness (QED) is 0.0427. The number of aromatic carboxylic acids is 1. The van der Waals surface area contributed by atoms with E-state index < -0.39 is 42.1 Å². The van der Waals surface area contributed by atoms with Crippen LogP contribution in [0.15, 0.2) is 121 Å². The molecule has 0 aliphatic rings. The van der Waals surface area contributed by atoms with Crippen LogP contribution in [0.5, 0.6) is 0 Å². The molecule has 0 fully saturated rings. The second kappa shape index (κ2) is 32.4. The highest BCUT2D eigenvalue weighted by Gasteiger charge is 2.32. The Morgan fingerprint density at radius 1 is 0.530 bits per heavy atom. The number of carbonyl (C=O) groups excluding carboxylic acids is 5. The zero-order valence-electron chi connectivity index (χ0n) is 39.5. The zero-order chi connectivity index (χ0) is 48.3. The van der Waals surface area contributed by atoms with E-state index >= 15 is 0 Å². The molecule has 12 heteroatoms. The molecule has 4 aromatic rings. The van der Waals surface area contributed by atoms with Crippen molar-refractivity contribution >= 4 is 47.4 Å². The minimum atomic E-state index is -1.20. The van der Waals surface area contributed by atoms with Crippen LogP contribution in [-0.4, -0.2) is 74.6 Å². The van der Waals surface area contributed by atoms with Gasteiger partial charge in [0.1, 0.15) is 18.0 Å². The Kier molecular flexibility index (Phi) is 28.8. The van der Waals surface area contributed by atoms with Gasteiger partial charge in [0.15, 0.2) is 17.3 Å². The van der Waals surface area contributed by atoms with Crippen molar-refractivity contribution in [3.8, 4) is 0 Å². The first-order valence-corrected chi connectivity index (χ1v) is 22.9. The van der Waals surface area contributed by atoms with Gasteiger partial charge in [0.05, 0.1) is 17.6 Å². The van der Waals surface area contributed by atoms with Crippen LogP contribution in [0.3, 0.4) is 0 Å². The van der Waals surface area contributed by atoms with Crippen LogP contribution >= 0.6 is 12.4 Å². The van der Waals surface area contributed by atoms with E-state index in [1.54, 1.807) is 54.6 Å². The molecule has 4 aromatic carbocycles. The van der Waals surface area contributed by atoms with Gasteiger partial charge in [0.2, 0.25) is 0 Å². The predicted molar refractivity (Wildman–Crippen MR) is 264 cm³/mol. The lowest BCUT2D eigenvalue weighted by Crippen LogP contribution is -2.44. The van der Waals surface area contributed by atoms with Crippen LogP contribution in [-0.2, 0) is 32.0 Å². The number of halogens is 1. The average Bonchev–Trinajstić information content (AvgIpc) is 3.29. The topological polar surface area (TPSA) is 201 Å². The van der Waals surface area contributed by atoms with Gasteiger partial charge >= 0.3 is 5.97 Å². The summed E-state index contributed by atoms with van der Waals surface area (Å²) in [6.07, 6.45) is 1.83. The van der Waals surface area contributed by atoms with E-state index in [2.05, 4.69) is 5.32 Å². The molecule has 0 aromatic heterocycles. The third-order valence-electron chi connectivity index (χ3n) is 10.8. The molecule has 0 aliphatic carbocycles. The molecular weight excluding hydrogens is 856 g/mol. The van der Waals surface area contributed by atoms with E-state index in [9.17, 15) is 39.0 Å². The number of hydrogen-bond donors (Lipinski definition) is 5. The Hall–Kier alpha value is -5.33. The number of hydrogen-bond acceptors (Lipinski definition) is 9. The van der Waals surface area contributed by atoms with Crippen molar-refractivity contribution in [2.45, 2.75) is 130 Å². The van der Waals surface area contributed by atoms with E-state index in [0.717, 1.165) is 11.1 Å². The monoisotopic (exact) mass is 929 g/mol. The summed E-state index contributed by atoms with van der Waals surface area (Å²) in [6, 6.07) is 35.1. The number of ketones is 4. The fourth-order valence-electron chi connectivity index (χ4n) is 7.34. The number of aliphatic hydroxyl groups excluding tert-OH is 2. The van der Waals surface area contributed by atoms with Gasteiger partial charge in [-0.25, -0.2) is 4.79 Å². The number of Topliss-reactive ketones (excluding diaryl/α,β-unsaturated/α-hetero) is 4. The zero-order valence-corrected chi connectivity index (χ0v) is 40.3. The largest absolute Gasteiger partial charge is 0.478 e. The SMILES string of the molecule is CCCC(=O)C(O)C(CC(=O)[C@@H](N)CC(C)C)Cc1ccccc1.CCCC(=O)C(O)C(CC(=O)[C@H](CC(C)C)NC(=O)c1ccccc1)Cc1ccccc1.Cl.O=C(O)c1ccccc1. The molecule has 4 rings (SSSR count). The van der Waals surface area contributed by atoms with Crippen LogP contribution in [0.2, 0.25) is 0 Å². The van der Waals surface area contributed by atoms with Gasteiger partial charge in [-0.05, 0) is 85.8 Å². The number of nitrogens with two attached hydrogens (primary N) is 1. The van der Waals surface area contributed by atoms with Crippen LogP contribution in [0, 0.1) is 23.7 Å². The van der Waals surface area contributed by atoms with Crippen molar-refractivity contribution in [1.82, 2.24) is 5.32 Å². The molecule has 66 heavy (non-hydrogen) atoms. The second-order valence-electron chi connectivity index (χ2n) is 17.5. The van der Waals surface area contributed by atoms with Crippen LogP contribution in [0.1, 0.15) is 125 Å². The van der Waals surface area contributed by atoms with E-state index in [-0.39, 0.29) is 66.6 Å². The van der Waals surface area contributed by atoms with E-state index in [1.165, 1.54) is 0 Å². The van der Waals surface area contributed by atoms with Crippen molar-refractivity contribution in [3.63, 3.8) is 0 Å². The van der Waals surface area contributed by atoms with Crippen molar-refractivity contribution in [2.24, 2.45) is 29.4 Å². The maximum absolute atomic E-state index is 13.3. The molecule has 0 aliphatic heterocycles. The first-order chi connectivity index (χ1) is 31.0. The van der Waals surface area contributed by atoms with Gasteiger partial charge in [0.25, 0.3) is 5.91 Å². The number of aliphatic hydroxyl groups is 2. The van der Waals surface area contributed by atoms with Crippen molar-refractivity contribution in [3.05, 3.63) is 144 Å². The Morgan fingerprint density at radius 2 is 0.894 bits per heavy atom. The third kappa shape index (κ3) is 22.7. The van der Waals surface area contributed by atoms with Gasteiger partial charge in [-0.1, -0.05) is 139 Å². The highest BCUT2D eigenvalue weighted by molar-refractivity contribution is 5.98. The first kappa shape index (κ1) is 58.7. The lowest BCUT2D eigenvalue weighted by Gasteiger charge is -2.25. The highest BCUT2D eigenvalue weighted by atomic mass is 35.5. The fourth-order valence-corrected chi connectivity index (χ4v) is 7.34. The summed E-state index contributed by atoms with van der Waals surface area (Å²) in [4.78, 5) is 73.1. The van der Waals surface area contributed by atoms with Crippen LogP contribution in [0.25, 0.3) is 0 Å². The molecule has 0 bridgehead atoms. The number of amides is 1. The molecular formula is C54H73ClN2O9. The van der Waals surface area contributed by atoms with Crippen molar-refractivity contribution < 1.29 is 44.1 Å². The first-order valence-electron chi connectivity index (χ1n) is 22.9. The summed E-state index contributed by atoms with van der Waals surface area (Å²) < 4.78 is 0. The Morgan fingerprint density at radius 3 is 1.24 bits per heavy atom. The lowest BCUT2D eigenvalue weighted by molar-refractivity contribution is -0.132. The average molecular weight is 930 g/mol. The maximum atomic E-state index is 13.3. The smallest absolute Gasteiger partial charge is 0.335 e. The maximum Gasteiger partial charge on any atom is 0.335 e. The molecule has 0 radical (unpaired) electrons. The number of carboxylic acids is 1. The van der Waals surface area contributed by atoms with E-state index in [1.807, 2.05) is 108 Å². The highest BCUT2D eigenvalue weighted by Crippen LogP contribution is 2.23. The summed E-state index contributed by atoms with van der Waals surface area (Å²) in [7, 11) is 0. The number of carbonyl (C=O) groups is 6. The Labute approximate surface area is 398 Å². The molecule has 4 unspecified atom stereocenters. The standard InChI is InChI=1S/C27H35NO4.C20H31NO3.C7H6O2.ClH/c1-4-11-24(29)26(31)22(17-20-12-7-5-8-13-20)18-25(30)23(16-19(2)3)28-27(32)21-14-9-6-10-15-21;1-4-8-18(22)20(24)16(12-15-9-6-5-7-10-15)13-19(23)17(21)11-14(2)3;8-7(9)6-4-2-1-3-5-6;/h5-10,12-15,19,22-23,26,31H,4,11,16-18H2,1-3H3,(H,28,32);5-7,9-10,14,16-17,20,24H,4,8,11-13,21H2,1-3H3;1-5H,(H,8,9);1H/t22?,23-,26?;16?,17-,20?;;/m00../s1.